The number of alkyl halides is 3. The van der Waals surface area contributed by atoms with Gasteiger partial charge in [0.15, 0.2) is 6.10 Å². The fourth-order valence-electron chi connectivity index (χ4n) is 1.58. The van der Waals surface area contributed by atoms with Crippen molar-refractivity contribution in [1.29, 1.82) is 0 Å². The summed E-state index contributed by atoms with van der Waals surface area (Å²) in [7, 11) is 0. The maximum Gasteiger partial charge on any atom is 0.418 e. The third-order valence-corrected chi connectivity index (χ3v) is 2.32. The number of hydrogen-bond donors (Lipinski definition) is 1. The standard InChI is InChI=1S/C9H13F3N2O/c1-4-14-6(3)7(5(2)13-14)8(15)9(10,11)12/h8,15H,4H2,1-3H3/t8-/m0/s1. The van der Waals surface area contributed by atoms with E-state index in [0.29, 0.717) is 12.2 Å². The minimum atomic E-state index is -4.64. The summed E-state index contributed by atoms with van der Waals surface area (Å²) in [6, 6.07) is 0. The first kappa shape index (κ1) is 12.0. The van der Waals surface area contributed by atoms with Crippen molar-refractivity contribution in [2.24, 2.45) is 0 Å². The van der Waals surface area contributed by atoms with Crippen molar-refractivity contribution < 1.29 is 18.3 Å². The highest BCUT2D eigenvalue weighted by molar-refractivity contribution is 5.28. The summed E-state index contributed by atoms with van der Waals surface area (Å²) in [5.74, 6) is 0. The average molecular weight is 222 g/mol. The van der Waals surface area contributed by atoms with Gasteiger partial charge in [0.2, 0.25) is 0 Å². The van der Waals surface area contributed by atoms with E-state index < -0.39 is 12.3 Å². The van der Waals surface area contributed by atoms with Crippen LogP contribution in [0.5, 0.6) is 0 Å². The molecule has 15 heavy (non-hydrogen) atoms. The van der Waals surface area contributed by atoms with Crippen LogP contribution in [0.15, 0.2) is 0 Å². The smallest absolute Gasteiger partial charge is 0.379 e. The summed E-state index contributed by atoms with van der Waals surface area (Å²) < 4.78 is 38.4. The van der Waals surface area contributed by atoms with E-state index in [4.69, 9.17) is 5.11 Å². The van der Waals surface area contributed by atoms with Crippen molar-refractivity contribution >= 4 is 0 Å². The monoisotopic (exact) mass is 222 g/mol. The molecule has 3 nitrogen and oxygen atoms in total. The Morgan fingerprint density at radius 3 is 2.27 bits per heavy atom. The van der Waals surface area contributed by atoms with E-state index in [1.54, 1.807) is 6.92 Å². The van der Waals surface area contributed by atoms with Crippen LogP contribution >= 0.6 is 0 Å². The number of aliphatic hydroxyl groups is 1. The molecule has 0 unspecified atom stereocenters. The molecule has 0 bridgehead atoms. The average Bonchev–Trinajstić information content (AvgIpc) is 2.39. The van der Waals surface area contributed by atoms with Crippen LogP contribution in [0.4, 0.5) is 13.2 Å². The highest BCUT2D eigenvalue weighted by Gasteiger charge is 2.42. The van der Waals surface area contributed by atoms with Crippen LogP contribution in [0, 0.1) is 13.8 Å². The molecule has 0 saturated carbocycles. The highest BCUT2D eigenvalue weighted by atomic mass is 19.4. The molecular formula is C9H13F3N2O. The lowest BCUT2D eigenvalue weighted by atomic mass is 10.1. The van der Waals surface area contributed by atoms with E-state index in [0.717, 1.165) is 0 Å². The highest BCUT2D eigenvalue weighted by Crippen LogP contribution is 2.35. The van der Waals surface area contributed by atoms with Crippen molar-refractivity contribution in [3.8, 4) is 0 Å². The fraction of sp³-hybridized carbons (Fsp3) is 0.667. The van der Waals surface area contributed by atoms with E-state index >= 15 is 0 Å². The normalized spacial score (nSPS) is 14.3. The molecule has 0 aromatic carbocycles. The quantitative estimate of drug-likeness (QED) is 0.832. The summed E-state index contributed by atoms with van der Waals surface area (Å²) in [5, 5.41) is 13.1. The topological polar surface area (TPSA) is 38.0 Å². The van der Waals surface area contributed by atoms with Gasteiger partial charge in [-0.05, 0) is 20.8 Å². The molecule has 0 aliphatic rings. The van der Waals surface area contributed by atoms with Gasteiger partial charge < -0.3 is 5.11 Å². The second-order valence-electron chi connectivity index (χ2n) is 3.34. The van der Waals surface area contributed by atoms with Gasteiger partial charge in [-0.3, -0.25) is 4.68 Å². The Kier molecular flexibility index (Phi) is 3.08. The molecule has 0 radical (unpaired) electrons. The summed E-state index contributed by atoms with van der Waals surface area (Å²) in [4.78, 5) is 0. The van der Waals surface area contributed by atoms with Gasteiger partial charge in [0.25, 0.3) is 0 Å². The molecule has 1 rings (SSSR count). The van der Waals surface area contributed by atoms with Gasteiger partial charge in [-0.1, -0.05) is 0 Å². The van der Waals surface area contributed by atoms with Gasteiger partial charge in [0.1, 0.15) is 0 Å². The first-order valence-electron chi connectivity index (χ1n) is 4.57. The molecule has 0 fully saturated rings. The van der Waals surface area contributed by atoms with Gasteiger partial charge in [0, 0.05) is 17.8 Å². The molecule has 0 amide bonds. The molecule has 1 aromatic rings. The Morgan fingerprint density at radius 2 is 1.93 bits per heavy atom. The lowest BCUT2D eigenvalue weighted by Gasteiger charge is -2.15. The van der Waals surface area contributed by atoms with Gasteiger partial charge in [-0.2, -0.15) is 18.3 Å². The molecule has 1 aromatic heterocycles. The van der Waals surface area contributed by atoms with E-state index in [-0.39, 0.29) is 11.3 Å². The largest absolute Gasteiger partial charge is 0.418 e. The second kappa shape index (κ2) is 3.84. The lowest BCUT2D eigenvalue weighted by molar-refractivity contribution is -0.207. The van der Waals surface area contributed by atoms with Crippen molar-refractivity contribution in [2.45, 2.75) is 39.6 Å². The fourth-order valence-corrected chi connectivity index (χ4v) is 1.58. The molecule has 0 aliphatic heterocycles. The first-order valence-corrected chi connectivity index (χ1v) is 4.57. The van der Waals surface area contributed by atoms with Crippen molar-refractivity contribution in [3.63, 3.8) is 0 Å². The first-order chi connectivity index (χ1) is 6.79. The van der Waals surface area contributed by atoms with Crippen LogP contribution in [0.1, 0.15) is 30.0 Å². The maximum absolute atomic E-state index is 12.3. The van der Waals surface area contributed by atoms with Gasteiger partial charge >= 0.3 is 6.18 Å². The van der Waals surface area contributed by atoms with Gasteiger partial charge in [0.05, 0.1) is 5.69 Å². The number of nitrogens with zero attached hydrogens (tertiary/aromatic N) is 2. The molecule has 0 aliphatic carbocycles. The zero-order valence-corrected chi connectivity index (χ0v) is 8.76. The molecule has 1 N–H and O–H groups in total. The number of hydrogen-bond acceptors (Lipinski definition) is 2. The number of rotatable bonds is 2. The lowest BCUT2D eigenvalue weighted by Crippen LogP contribution is -2.21. The second-order valence-corrected chi connectivity index (χ2v) is 3.34. The molecule has 0 saturated heterocycles. The zero-order valence-electron chi connectivity index (χ0n) is 8.76. The Morgan fingerprint density at radius 1 is 1.40 bits per heavy atom. The van der Waals surface area contributed by atoms with E-state index in [1.807, 2.05) is 0 Å². The van der Waals surface area contributed by atoms with Crippen LogP contribution in [0.25, 0.3) is 0 Å². The van der Waals surface area contributed by atoms with E-state index in [9.17, 15) is 13.2 Å². The Balaban J connectivity index is 3.20. The predicted molar refractivity (Wildman–Crippen MR) is 48.4 cm³/mol. The maximum atomic E-state index is 12.3. The zero-order chi connectivity index (χ0) is 11.8. The number of aryl methyl sites for hydroxylation is 2. The third-order valence-electron chi connectivity index (χ3n) is 2.32. The minimum Gasteiger partial charge on any atom is -0.379 e. The summed E-state index contributed by atoms with van der Waals surface area (Å²) >= 11 is 0. The number of aliphatic hydroxyl groups excluding tert-OH is 1. The number of halogens is 3. The molecule has 1 heterocycles. The Hall–Kier alpha value is -1.04. The van der Waals surface area contributed by atoms with Crippen LogP contribution in [-0.2, 0) is 6.54 Å². The minimum absolute atomic E-state index is 0.135. The molecule has 86 valence electrons. The van der Waals surface area contributed by atoms with Crippen LogP contribution in [0.2, 0.25) is 0 Å². The Labute approximate surface area is 85.5 Å². The SMILES string of the molecule is CCn1nc(C)c([C@H](O)C(F)(F)F)c1C. The van der Waals surface area contributed by atoms with Crippen molar-refractivity contribution in [2.75, 3.05) is 0 Å². The molecule has 1 atom stereocenters. The third kappa shape index (κ3) is 2.14. The van der Waals surface area contributed by atoms with Crippen LogP contribution in [-0.4, -0.2) is 21.1 Å². The predicted octanol–water partition coefficient (Wildman–Crippen LogP) is 2.12. The van der Waals surface area contributed by atoms with Crippen molar-refractivity contribution in [1.82, 2.24) is 9.78 Å². The number of aromatic nitrogens is 2. The van der Waals surface area contributed by atoms with Gasteiger partial charge in [-0.25, -0.2) is 0 Å². The summed E-state index contributed by atoms with van der Waals surface area (Å²) in [6.45, 7) is 5.25. The van der Waals surface area contributed by atoms with Crippen LogP contribution in [0.3, 0.4) is 0 Å². The molecular weight excluding hydrogens is 209 g/mol. The molecule has 6 heteroatoms. The van der Waals surface area contributed by atoms with E-state index in [1.165, 1.54) is 18.5 Å². The van der Waals surface area contributed by atoms with Crippen LogP contribution < -0.4 is 0 Å². The summed E-state index contributed by atoms with van der Waals surface area (Å²) in [6.07, 6.45) is -7.09. The molecule has 0 spiro atoms. The van der Waals surface area contributed by atoms with Crippen molar-refractivity contribution in [3.05, 3.63) is 17.0 Å². The summed E-state index contributed by atoms with van der Waals surface area (Å²) in [5.41, 5.74) is 0.448. The van der Waals surface area contributed by atoms with E-state index in [2.05, 4.69) is 5.10 Å². The van der Waals surface area contributed by atoms with Gasteiger partial charge in [-0.15, -0.1) is 0 Å². The Bertz CT molecular complexity index is 357.